The van der Waals surface area contributed by atoms with Crippen LogP contribution in [0.15, 0.2) is 40.7 Å². The summed E-state index contributed by atoms with van der Waals surface area (Å²) in [5, 5.41) is 9.96. The maximum Gasteiger partial charge on any atom is 0.434 e. The predicted octanol–water partition coefficient (Wildman–Crippen LogP) is 3.55. The van der Waals surface area contributed by atoms with Gasteiger partial charge in [-0.05, 0) is 32.3 Å². The zero-order valence-corrected chi connectivity index (χ0v) is 13.8. The summed E-state index contributed by atoms with van der Waals surface area (Å²) in [7, 11) is 0. The number of rotatable bonds is 3. The number of likely N-dealkylation sites (tertiary alicyclic amines) is 1. The third kappa shape index (κ3) is 2.61. The van der Waals surface area contributed by atoms with Crippen molar-refractivity contribution in [1.29, 1.82) is 0 Å². The molecule has 1 aromatic carbocycles. The monoisotopic (exact) mass is 316 g/mol. The van der Waals surface area contributed by atoms with Crippen LogP contribution < -0.4 is 0 Å². The SMILES string of the molecule is CCOC(=O)N1N=N[C@@H](C)[C@]1(c1ccccc1)N1CCCCC1. The molecule has 0 bridgehead atoms. The summed E-state index contributed by atoms with van der Waals surface area (Å²) in [5.74, 6) is 0. The minimum atomic E-state index is -0.687. The molecule has 0 aliphatic carbocycles. The molecular formula is C17H24N4O2. The molecule has 1 fully saturated rings. The topological polar surface area (TPSA) is 57.5 Å². The Balaban J connectivity index is 2.08. The van der Waals surface area contributed by atoms with Crippen molar-refractivity contribution in [2.24, 2.45) is 10.3 Å². The summed E-state index contributed by atoms with van der Waals surface area (Å²) in [6.07, 6.45) is 3.04. The molecule has 2 atom stereocenters. The van der Waals surface area contributed by atoms with Gasteiger partial charge < -0.3 is 4.74 Å². The van der Waals surface area contributed by atoms with Crippen molar-refractivity contribution in [3.05, 3.63) is 35.9 Å². The van der Waals surface area contributed by atoms with Crippen molar-refractivity contribution >= 4 is 6.09 Å². The first kappa shape index (κ1) is 15.9. The van der Waals surface area contributed by atoms with Gasteiger partial charge in [-0.3, -0.25) is 4.90 Å². The van der Waals surface area contributed by atoms with E-state index in [1.165, 1.54) is 11.4 Å². The fourth-order valence-electron chi connectivity index (χ4n) is 3.68. The van der Waals surface area contributed by atoms with Gasteiger partial charge in [0.2, 0.25) is 0 Å². The van der Waals surface area contributed by atoms with Crippen molar-refractivity contribution in [1.82, 2.24) is 9.91 Å². The number of amides is 1. The van der Waals surface area contributed by atoms with E-state index in [0.29, 0.717) is 6.61 Å². The van der Waals surface area contributed by atoms with Crippen LogP contribution in [0.25, 0.3) is 0 Å². The van der Waals surface area contributed by atoms with Crippen LogP contribution in [0.3, 0.4) is 0 Å². The average molecular weight is 316 g/mol. The van der Waals surface area contributed by atoms with Gasteiger partial charge in [-0.25, -0.2) is 4.79 Å². The minimum Gasteiger partial charge on any atom is -0.448 e. The molecule has 6 heteroatoms. The Labute approximate surface area is 137 Å². The summed E-state index contributed by atoms with van der Waals surface area (Å²) < 4.78 is 5.25. The van der Waals surface area contributed by atoms with Crippen LogP contribution in [0.4, 0.5) is 4.79 Å². The Kier molecular flexibility index (Phi) is 4.61. The number of piperidine rings is 1. The summed E-state index contributed by atoms with van der Waals surface area (Å²) in [4.78, 5) is 14.9. The minimum absolute atomic E-state index is 0.146. The molecule has 0 spiro atoms. The molecule has 0 radical (unpaired) electrons. The van der Waals surface area contributed by atoms with E-state index < -0.39 is 11.8 Å². The second kappa shape index (κ2) is 6.66. The fraction of sp³-hybridized carbons (Fsp3) is 0.588. The fourth-order valence-corrected chi connectivity index (χ4v) is 3.68. The Morgan fingerprint density at radius 1 is 1.26 bits per heavy atom. The van der Waals surface area contributed by atoms with Crippen LogP contribution in [0.5, 0.6) is 0 Å². The maximum atomic E-state index is 12.5. The smallest absolute Gasteiger partial charge is 0.434 e. The number of carbonyl (C=O) groups excluding carboxylic acids is 1. The van der Waals surface area contributed by atoms with Gasteiger partial charge in [-0.1, -0.05) is 42.0 Å². The Bertz CT molecular complexity index is 571. The van der Waals surface area contributed by atoms with E-state index in [1.807, 2.05) is 37.3 Å². The molecule has 3 rings (SSSR count). The lowest BCUT2D eigenvalue weighted by Crippen LogP contribution is -2.61. The number of ether oxygens (including phenoxy) is 1. The highest BCUT2D eigenvalue weighted by molar-refractivity contribution is 5.69. The molecule has 0 aromatic heterocycles. The molecule has 2 aliphatic heterocycles. The van der Waals surface area contributed by atoms with Gasteiger partial charge >= 0.3 is 6.09 Å². The van der Waals surface area contributed by atoms with Crippen molar-refractivity contribution in [2.45, 2.75) is 44.8 Å². The molecule has 2 aliphatic rings. The number of nitrogens with zero attached hydrogens (tertiary/aromatic N) is 4. The highest BCUT2D eigenvalue weighted by Crippen LogP contribution is 2.43. The normalized spacial score (nSPS) is 28.1. The molecule has 124 valence electrons. The molecule has 2 heterocycles. The number of hydrogen-bond donors (Lipinski definition) is 0. The quantitative estimate of drug-likeness (QED) is 0.857. The van der Waals surface area contributed by atoms with Gasteiger partial charge in [0.05, 0.1) is 6.61 Å². The summed E-state index contributed by atoms with van der Waals surface area (Å²) >= 11 is 0. The van der Waals surface area contributed by atoms with Crippen LogP contribution in [-0.4, -0.2) is 41.7 Å². The highest BCUT2D eigenvalue weighted by atomic mass is 16.6. The molecule has 0 saturated carbocycles. The van der Waals surface area contributed by atoms with E-state index in [0.717, 1.165) is 31.5 Å². The molecular weight excluding hydrogens is 292 g/mol. The van der Waals surface area contributed by atoms with Crippen LogP contribution >= 0.6 is 0 Å². The number of benzene rings is 1. The molecule has 6 nitrogen and oxygen atoms in total. The lowest BCUT2D eigenvalue weighted by Gasteiger charge is -2.47. The standard InChI is InChI=1S/C17H24N4O2/c1-3-23-16(22)21-17(14(2)18-19-21,15-10-6-4-7-11-15)20-12-8-5-9-13-20/h4,6-7,10-11,14H,3,5,8-9,12-13H2,1-2H3/t14-,17-/m0/s1. The van der Waals surface area contributed by atoms with Crippen molar-refractivity contribution in [2.75, 3.05) is 19.7 Å². The van der Waals surface area contributed by atoms with E-state index in [1.54, 1.807) is 6.92 Å². The largest absolute Gasteiger partial charge is 0.448 e. The second-order valence-electron chi connectivity index (χ2n) is 6.03. The van der Waals surface area contributed by atoms with Gasteiger partial charge in [0.15, 0.2) is 5.66 Å². The van der Waals surface area contributed by atoms with Gasteiger partial charge in [-0.2, -0.15) is 10.1 Å². The highest BCUT2D eigenvalue weighted by Gasteiger charge is 2.55. The van der Waals surface area contributed by atoms with E-state index >= 15 is 0 Å². The van der Waals surface area contributed by atoms with E-state index in [4.69, 9.17) is 4.74 Å². The molecule has 0 unspecified atom stereocenters. The maximum absolute atomic E-state index is 12.5. The molecule has 1 aromatic rings. The van der Waals surface area contributed by atoms with E-state index in [-0.39, 0.29) is 6.04 Å². The van der Waals surface area contributed by atoms with Crippen LogP contribution in [0.2, 0.25) is 0 Å². The zero-order chi connectivity index (χ0) is 16.3. The van der Waals surface area contributed by atoms with Gasteiger partial charge in [-0.15, -0.1) is 0 Å². The third-order valence-electron chi connectivity index (χ3n) is 4.70. The lowest BCUT2D eigenvalue weighted by molar-refractivity contribution is -0.0590. The third-order valence-corrected chi connectivity index (χ3v) is 4.70. The molecule has 1 saturated heterocycles. The first-order chi connectivity index (χ1) is 11.2. The van der Waals surface area contributed by atoms with Crippen molar-refractivity contribution in [3.63, 3.8) is 0 Å². The lowest BCUT2D eigenvalue weighted by atomic mass is 9.88. The van der Waals surface area contributed by atoms with Gasteiger partial charge in [0, 0.05) is 13.1 Å². The van der Waals surface area contributed by atoms with Gasteiger partial charge in [0.1, 0.15) is 6.04 Å². The van der Waals surface area contributed by atoms with Crippen LogP contribution in [-0.2, 0) is 10.4 Å². The molecule has 23 heavy (non-hydrogen) atoms. The van der Waals surface area contributed by atoms with E-state index in [9.17, 15) is 4.79 Å². The Morgan fingerprint density at radius 2 is 1.96 bits per heavy atom. The molecule has 0 N–H and O–H groups in total. The first-order valence-electron chi connectivity index (χ1n) is 8.39. The summed E-state index contributed by atoms with van der Waals surface area (Å²) in [6.45, 7) is 6.01. The second-order valence-corrected chi connectivity index (χ2v) is 6.03. The first-order valence-corrected chi connectivity index (χ1v) is 8.39. The van der Waals surface area contributed by atoms with Crippen molar-refractivity contribution < 1.29 is 9.53 Å². The Hall–Kier alpha value is -1.95. The average Bonchev–Trinajstić information content (AvgIpc) is 2.95. The van der Waals surface area contributed by atoms with Crippen LogP contribution in [0.1, 0.15) is 38.7 Å². The Morgan fingerprint density at radius 3 is 2.61 bits per heavy atom. The van der Waals surface area contributed by atoms with E-state index in [2.05, 4.69) is 15.2 Å². The van der Waals surface area contributed by atoms with Crippen molar-refractivity contribution in [3.8, 4) is 0 Å². The van der Waals surface area contributed by atoms with Crippen LogP contribution in [0, 0.1) is 0 Å². The summed E-state index contributed by atoms with van der Waals surface area (Å²) in [5.41, 5.74) is 0.348. The number of carbonyl (C=O) groups is 1. The molecule has 1 amide bonds. The summed E-state index contributed by atoms with van der Waals surface area (Å²) in [6, 6.07) is 9.93. The predicted molar refractivity (Wildman–Crippen MR) is 86.7 cm³/mol. The number of hydrogen-bond acceptors (Lipinski definition) is 5. The van der Waals surface area contributed by atoms with Gasteiger partial charge in [0.25, 0.3) is 0 Å². The zero-order valence-electron chi connectivity index (χ0n) is 13.8.